The van der Waals surface area contributed by atoms with Crippen LogP contribution < -0.4 is 14.8 Å². The van der Waals surface area contributed by atoms with Crippen LogP contribution in [0.4, 0.5) is 14.5 Å². The second kappa shape index (κ2) is 10.5. The van der Waals surface area contributed by atoms with Gasteiger partial charge in [-0.15, -0.1) is 0 Å². The van der Waals surface area contributed by atoms with Crippen LogP contribution in [0, 0.1) is 0 Å². The van der Waals surface area contributed by atoms with Crippen molar-refractivity contribution in [2.45, 2.75) is 18.1 Å². The molecule has 3 aromatic carbocycles. The van der Waals surface area contributed by atoms with Crippen LogP contribution in [0.2, 0.25) is 0 Å². The van der Waals surface area contributed by atoms with E-state index in [0.717, 1.165) is 0 Å². The Morgan fingerprint density at radius 1 is 0.938 bits per heavy atom. The third-order valence-electron chi connectivity index (χ3n) is 4.32. The topological polar surface area (TPSA) is 84.5 Å². The molecular weight excluding hydrogens is 438 g/mol. The molecule has 0 heterocycles. The number of benzene rings is 3. The summed E-state index contributed by atoms with van der Waals surface area (Å²) in [5.74, 6) is -0.537. The normalized spacial score (nSPS) is 11.5. The Balaban J connectivity index is 1.67. The molecule has 9 heteroatoms. The molecule has 0 saturated carbocycles. The Labute approximate surface area is 184 Å². The number of carbonyl (C=O) groups is 1. The van der Waals surface area contributed by atoms with Crippen LogP contribution in [0.5, 0.6) is 5.75 Å². The zero-order valence-electron chi connectivity index (χ0n) is 16.7. The van der Waals surface area contributed by atoms with E-state index >= 15 is 0 Å². The second-order valence-corrected chi connectivity index (χ2v) is 8.23. The summed E-state index contributed by atoms with van der Waals surface area (Å²) in [6, 6.07) is 20.7. The van der Waals surface area contributed by atoms with Gasteiger partial charge in [0.15, 0.2) is 0 Å². The molecule has 0 bridgehead atoms. The van der Waals surface area contributed by atoms with Crippen LogP contribution in [0.1, 0.15) is 11.1 Å². The van der Waals surface area contributed by atoms with E-state index in [1.165, 1.54) is 36.4 Å². The van der Waals surface area contributed by atoms with Crippen LogP contribution in [0.15, 0.2) is 89.8 Å². The number of hydrogen-bond acceptors (Lipinski definition) is 4. The summed E-state index contributed by atoms with van der Waals surface area (Å²) in [6.07, 6.45) is 2.54. The van der Waals surface area contributed by atoms with Gasteiger partial charge in [0.05, 0.1) is 10.6 Å². The molecule has 0 atom stereocenters. The van der Waals surface area contributed by atoms with Gasteiger partial charge in [-0.05, 0) is 35.9 Å². The smallest absolute Gasteiger partial charge is 0.387 e. The molecule has 0 radical (unpaired) electrons. The highest BCUT2D eigenvalue weighted by Gasteiger charge is 2.15. The van der Waals surface area contributed by atoms with E-state index in [0.29, 0.717) is 16.8 Å². The zero-order chi connectivity index (χ0) is 23.0. The molecule has 3 aromatic rings. The third-order valence-corrected chi connectivity index (χ3v) is 5.70. The molecule has 0 fully saturated rings. The van der Waals surface area contributed by atoms with E-state index in [1.54, 1.807) is 54.6 Å². The van der Waals surface area contributed by atoms with Crippen molar-refractivity contribution in [3.8, 4) is 5.75 Å². The van der Waals surface area contributed by atoms with E-state index < -0.39 is 22.5 Å². The summed E-state index contributed by atoms with van der Waals surface area (Å²) >= 11 is 0. The lowest BCUT2D eigenvalue weighted by Crippen LogP contribution is -2.22. The first kappa shape index (κ1) is 23.0. The molecule has 0 aliphatic rings. The number of ether oxygens (including phenoxy) is 1. The molecule has 0 aromatic heterocycles. The minimum absolute atomic E-state index is 0.0475. The van der Waals surface area contributed by atoms with Crippen LogP contribution in [0.25, 0.3) is 6.08 Å². The van der Waals surface area contributed by atoms with E-state index in [4.69, 9.17) is 0 Å². The van der Waals surface area contributed by atoms with Gasteiger partial charge in [-0.1, -0.05) is 54.6 Å². The number of sulfonamides is 1. The molecule has 3 rings (SSSR count). The Kier molecular flexibility index (Phi) is 7.56. The third kappa shape index (κ3) is 6.39. The first-order valence-electron chi connectivity index (χ1n) is 9.51. The summed E-state index contributed by atoms with van der Waals surface area (Å²) < 4.78 is 57.1. The summed E-state index contributed by atoms with van der Waals surface area (Å²) in [6.45, 7) is -2.93. The second-order valence-electron chi connectivity index (χ2n) is 6.54. The fourth-order valence-corrected chi connectivity index (χ4v) is 3.93. The van der Waals surface area contributed by atoms with E-state index in [2.05, 4.69) is 14.8 Å². The number of carbonyl (C=O) groups excluding carboxylic acids is 1. The highest BCUT2D eigenvalue weighted by molar-refractivity contribution is 7.92. The van der Waals surface area contributed by atoms with Crippen molar-refractivity contribution in [3.05, 3.63) is 96.1 Å². The number of hydrogen-bond donors (Lipinski definition) is 2. The predicted octanol–water partition coefficient (Wildman–Crippen LogP) is 4.42. The summed E-state index contributed by atoms with van der Waals surface area (Å²) in [4.78, 5) is 12.3. The number of para-hydroxylation sites is 2. The number of nitrogens with one attached hydrogen (secondary N) is 2. The molecule has 0 saturated heterocycles. The molecular formula is C23H20F2N2O4S. The SMILES string of the molecule is O=C(C=Cc1ccccc1OC(F)F)NCc1ccccc1NS(=O)(=O)c1ccccc1. The first-order chi connectivity index (χ1) is 15.3. The van der Waals surface area contributed by atoms with E-state index in [1.807, 2.05) is 0 Å². The number of rotatable bonds is 9. The van der Waals surface area contributed by atoms with Crippen molar-refractivity contribution >= 4 is 27.7 Å². The zero-order valence-corrected chi connectivity index (χ0v) is 17.6. The summed E-state index contributed by atoms with van der Waals surface area (Å²) in [5, 5.41) is 2.65. The maximum Gasteiger partial charge on any atom is 0.387 e. The lowest BCUT2D eigenvalue weighted by molar-refractivity contribution is -0.116. The minimum Gasteiger partial charge on any atom is -0.434 e. The molecule has 166 valence electrons. The Morgan fingerprint density at radius 2 is 1.59 bits per heavy atom. The molecule has 0 aliphatic heterocycles. The van der Waals surface area contributed by atoms with Gasteiger partial charge in [-0.2, -0.15) is 8.78 Å². The van der Waals surface area contributed by atoms with Crippen molar-refractivity contribution in [1.29, 1.82) is 0 Å². The highest BCUT2D eigenvalue weighted by atomic mass is 32.2. The molecule has 0 unspecified atom stereocenters. The molecule has 0 spiro atoms. The van der Waals surface area contributed by atoms with E-state index in [-0.39, 0.29) is 17.2 Å². The summed E-state index contributed by atoms with van der Waals surface area (Å²) in [7, 11) is -3.79. The van der Waals surface area contributed by atoms with Gasteiger partial charge in [0.1, 0.15) is 5.75 Å². The van der Waals surface area contributed by atoms with Crippen molar-refractivity contribution < 1.29 is 26.7 Å². The molecule has 1 amide bonds. The van der Waals surface area contributed by atoms with Crippen molar-refractivity contribution in [2.24, 2.45) is 0 Å². The maximum absolute atomic E-state index is 12.6. The van der Waals surface area contributed by atoms with Crippen LogP contribution in [-0.4, -0.2) is 20.9 Å². The van der Waals surface area contributed by atoms with Crippen LogP contribution >= 0.6 is 0 Å². The van der Waals surface area contributed by atoms with Gasteiger partial charge in [-0.3, -0.25) is 9.52 Å². The quantitative estimate of drug-likeness (QED) is 0.465. The number of halogens is 2. The lowest BCUT2D eigenvalue weighted by atomic mass is 10.1. The maximum atomic E-state index is 12.6. The average molecular weight is 458 g/mol. The fraction of sp³-hybridized carbons (Fsp3) is 0.0870. The Bertz CT molecular complexity index is 1200. The van der Waals surface area contributed by atoms with Crippen molar-refractivity contribution in [2.75, 3.05) is 4.72 Å². The van der Waals surface area contributed by atoms with Gasteiger partial charge in [0.25, 0.3) is 10.0 Å². The Hall–Kier alpha value is -3.72. The van der Waals surface area contributed by atoms with Gasteiger partial charge in [-0.25, -0.2) is 8.42 Å². The van der Waals surface area contributed by atoms with Gasteiger partial charge < -0.3 is 10.1 Å². The lowest BCUT2D eigenvalue weighted by Gasteiger charge is -2.13. The highest BCUT2D eigenvalue weighted by Crippen LogP contribution is 2.22. The van der Waals surface area contributed by atoms with Crippen molar-refractivity contribution in [1.82, 2.24) is 5.32 Å². The monoisotopic (exact) mass is 458 g/mol. The molecule has 32 heavy (non-hydrogen) atoms. The molecule has 0 aliphatic carbocycles. The average Bonchev–Trinajstić information content (AvgIpc) is 2.78. The standard InChI is InChI=1S/C23H20F2N2O4S/c24-23(25)31-21-13-7-5-8-17(21)14-15-22(28)26-16-18-9-4-6-12-20(18)27-32(29,30)19-10-2-1-3-11-19/h1-15,23,27H,16H2,(H,26,28). The fourth-order valence-electron chi connectivity index (χ4n) is 2.81. The largest absolute Gasteiger partial charge is 0.434 e. The van der Waals surface area contributed by atoms with Crippen LogP contribution in [0.3, 0.4) is 0 Å². The number of alkyl halides is 2. The molecule has 6 nitrogen and oxygen atoms in total. The van der Waals surface area contributed by atoms with Crippen molar-refractivity contribution in [3.63, 3.8) is 0 Å². The van der Waals surface area contributed by atoms with E-state index in [9.17, 15) is 22.0 Å². The first-order valence-corrected chi connectivity index (χ1v) is 11.0. The number of amides is 1. The molecule has 2 N–H and O–H groups in total. The Morgan fingerprint density at radius 3 is 2.34 bits per heavy atom. The predicted molar refractivity (Wildman–Crippen MR) is 118 cm³/mol. The number of anilines is 1. The van der Waals surface area contributed by atoms with Gasteiger partial charge in [0, 0.05) is 18.2 Å². The van der Waals surface area contributed by atoms with Crippen LogP contribution in [-0.2, 0) is 21.4 Å². The minimum atomic E-state index is -3.79. The van der Waals surface area contributed by atoms with Gasteiger partial charge >= 0.3 is 6.61 Å². The summed E-state index contributed by atoms with van der Waals surface area (Å²) in [5.41, 5.74) is 1.20. The van der Waals surface area contributed by atoms with Gasteiger partial charge in [0.2, 0.25) is 5.91 Å².